The lowest BCUT2D eigenvalue weighted by Gasteiger charge is -2.45. The number of carbonyl (C=O) groups excluding carboxylic acids is 3. The van der Waals surface area contributed by atoms with Gasteiger partial charge in [-0.25, -0.2) is 14.4 Å². The number of ketones is 1. The van der Waals surface area contributed by atoms with Crippen LogP contribution in [0, 0.1) is 6.92 Å². The molecule has 0 spiro atoms. The highest BCUT2D eigenvalue weighted by Gasteiger charge is 2.40. The third-order valence-electron chi connectivity index (χ3n) is 11.8. The third-order valence-corrected chi connectivity index (χ3v) is 11.8. The number of nitrogens with zero attached hydrogens (tertiary/aromatic N) is 6. The van der Waals surface area contributed by atoms with Gasteiger partial charge in [0.05, 0.1) is 23.4 Å². The largest absolute Gasteiger partial charge is 0.370 e. The number of halogens is 1. The second-order valence-corrected chi connectivity index (χ2v) is 15.3. The number of imide groups is 1. The molecule has 0 radical (unpaired) electrons. The van der Waals surface area contributed by atoms with E-state index >= 15 is 4.39 Å². The van der Waals surface area contributed by atoms with Crippen LogP contribution < -0.4 is 21.1 Å². The Labute approximate surface area is 307 Å². The number of hydrogen-bond acceptors (Lipinski definition) is 10. The Morgan fingerprint density at radius 2 is 1.75 bits per heavy atom. The Bertz CT molecular complexity index is 2130. The number of piperidine rings is 2. The van der Waals surface area contributed by atoms with Crippen LogP contribution in [0.5, 0.6) is 0 Å². The molecule has 2 N–H and O–H groups in total. The molecule has 3 aliphatic heterocycles. The van der Waals surface area contributed by atoms with Gasteiger partial charge in [-0.1, -0.05) is 37.1 Å². The minimum absolute atomic E-state index is 0.00406. The number of pyridine rings is 2. The van der Waals surface area contributed by atoms with Gasteiger partial charge in [0.1, 0.15) is 17.1 Å². The molecule has 3 aromatic heterocycles. The van der Waals surface area contributed by atoms with Gasteiger partial charge in [-0.2, -0.15) is 4.98 Å². The first kappa shape index (κ1) is 35.0. The SMILES string of the molecule is CC(=O)c1c(C)c2cnc(Nc3ccc(N4CCC(F)(CN5CC(c6cccc(C7CCC(=O)NC7=O)c6)C5)CC4)cn3)nc2n(C2CCCC2)c1=O. The summed E-state index contributed by atoms with van der Waals surface area (Å²) < 4.78 is 17.8. The van der Waals surface area contributed by atoms with Gasteiger partial charge in [0, 0.05) is 75.5 Å². The number of amides is 2. The van der Waals surface area contributed by atoms with Crippen LogP contribution >= 0.6 is 0 Å². The quantitative estimate of drug-likeness (QED) is 0.169. The summed E-state index contributed by atoms with van der Waals surface area (Å²) in [5, 5.41) is 6.31. The Morgan fingerprint density at radius 1 is 1.00 bits per heavy atom. The van der Waals surface area contributed by atoms with E-state index in [1.807, 2.05) is 24.3 Å². The topological polar surface area (TPSA) is 142 Å². The number of anilines is 3. The van der Waals surface area contributed by atoms with E-state index in [0.29, 0.717) is 79.6 Å². The number of likely N-dealkylation sites (tertiary alicyclic amines) is 1. The highest BCUT2D eigenvalue weighted by Crippen LogP contribution is 2.37. The second-order valence-electron chi connectivity index (χ2n) is 15.3. The lowest BCUT2D eigenvalue weighted by molar-refractivity contribution is -0.134. The van der Waals surface area contributed by atoms with Crippen molar-refractivity contribution in [1.29, 1.82) is 0 Å². The van der Waals surface area contributed by atoms with Crippen LogP contribution in [0.25, 0.3) is 11.0 Å². The van der Waals surface area contributed by atoms with Gasteiger partial charge in [-0.15, -0.1) is 0 Å². The average Bonchev–Trinajstić information content (AvgIpc) is 3.65. The zero-order valence-corrected chi connectivity index (χ0v) is 30.2. The first-order chi connectivity index (χ1) is 25.5. The normalized spacial score (nSPS) is 21.1. The maximum atomic E-state index is 16.1. The van der Waals surface area contributed by atoms with Crippen LogP contribution in [-0.2, 0) is 9.59 Å². The molecule has 1 aliphatic carbocycles. The van der Waals surface area contributed by atoms with Crippen molar-refractivity contribution in [2.24, 2.45) is 0 Å². The summed E-state index contributed by atoms with van der Waals surface area (Å²) in [4.78, 5) is 68.2. The number of nitrogens with one attached hydrogen (secondary N) is 2. The predicted octanol–water partition coefficient (Wildman–Crippen LogP) is 5.48. The lowest BCUT2D eigenvalue weighted by atomic mass is 9.84. The summed E-state index contributed by atoms with van der Waals surface area (Å²) in [5.74, 6) is 0.159. The van der Waals surface area contributed by atoms with Crippen molar-refractivity contribution in [3.63, 3.8) is 0 Å². The number of carbonyl (C=O) groups is 3. The fourth-order valence-electron chi connectivity index (χ4n) is 8.75. The van der Waals surface area contributed by atoms with Crippen LogP contribution in [0.15, 0.2) is 53.6 Å². The monoisotopic (exact) mass is 720 g/mol. The summed E-state index contributed by atoms with van der Waals surface area (Å²) in [5.41, 5.74) is 2.79. The van der Waals surface area contributed by atoms with Gasteiger partial charge in [0.25, 0.3) is 5.56 Å². The molecule has 2 amide bonds. The first-order valence-corrected chi connectivity index (χ1v) is 18.8. The van der Waals surface area contributed by atoms with E-state index in [9.17, 15) is 19.2 Å². The molecule has 12 nitrogen and oxygen atoms in total. The van der Waals surface area contributed by atoms with E-state index in [-0.39, 0.29) is 40.7 Å². The fourth-order valence-corrected chi connectivity index (χ4v) is 8.75. The number of aromatic nitrogens is 4. The molecule has 53 heavy (non-hydrogen) atoms. The number of fused-ring (bicyclic) bond motifs is 1. The molecule has 8 rings (SSSR count). The van der Waals surface area contributed by atoms with E-state index < -0.39 is 5.67 Å². The highest BCUT2D eigenvalue weighted by atomic mass is 19.1. The van der Waals surface area contributed by atoms with E-state index in [0.717, 1.165) is 55.6 Å². The minimum atomic E-state index is -1.26. The first-order valence-electron chi connectivity index (χ1n) is 18.8. The molecule has 4 aliphatic rings. The predicted molar refractivity (Wildman–Crippen MR) is 200 cm³/mol. The Balaban J connectivity index is 0.869. The number of hydrogen-bond donors (Lipinski definition) is 2. The maximum absolute atomic E-state index is 16.1. The molecule has 4 aromatic rings. The van der Waals surface area contributed by atoms with Crippen LogP contribution in [0.2, 0.25) is 0 Å². The Morgan fingerprint density at radius 3 is 2.45 bits per heavy atom. The van der Waals surface area contributed by atoms with Gasteiger partial charge < -0.3 is 10.2 Å². The van der Waals surface area contributed by atoms with E-state index in [2.05, 4.69) is 42.5 Å². The summed E-state index contributed by atoms with van der Waals surface area (Å²) in [6.45, 7) is 6.35. The second kappa shape index (κ2) is 14.1. The van der Waals surface area contributed by atoms with Crippen molar-refractivity contribution in [3.8, 4) is 0 Å². The van der Waals surface area contributed by atoms with Gasteiger partial charge in [0.2, 0.25) is 17.8 Å². The van der Waals surface area contributed by atoms with E-state index in [1.165, 1.54) is 6.92 Å². The molecule has 3 saturated heterocycles. The van der Waals surface area contributed by atoms with Crippen LogP contribution in [0.3, 0.4) is 0 Å². The van der Waals surface area contributed by atoms with Crippen LogP contribution in [0.4, 0.5) is 21.8 Å². The zero-order chi connectivity index (χ0) is 36.9. The molecule has 13 heteroatoms. The van der Waals surface area contributed by atoms with E-state index in [4.69, 9.17) is 4.98 Å². The van der Waals surface area contributed by atoms with Crippen molar-refractivity contribution >= 4 is 46.1 Å². The van der Waals surface area contributed by atoms with Crippen molar-refractivity contribution in [2.75, 3.05) is 42.9 Å². The van der Waals surface area contributed by atoms with Gasteiger partial charge in [0.15, 0.2) is 5.78 Å². The molecule has 6 heterocycles. The molecule has 1 saturated carbocycles. The fraction of sp³-hybridized carbons (Fsp3) is 0.475. The molecular formula is C40H45FN8O4. The lowest BCUT2D eigenvalue weighted by Crippen LogP contribution is -2.54. The summed E-state index contributed by atoms with van der Waals surface area (Å²) >= 11 is 0. The summed E-state index contributed by atoms with van der Waals surface area (Å²) in [7, 11) is 0. The Hall–Kier alpha value is -5.04. The molecule has 1 atom stereocenters. The molecule has 1 aromatic carbocycles. The van der Waals surface area contributed by atoms with Crippen LogP contribution in [0.1, 0.15) is 103 Å². The zero-order valence-electron chi connectivity index (χ0n) is 30.2. The van der Waals surface area contributed by atoms with E-state index in [1.54, 1.807) is 23.9 Å². The molecular weight excluding hydrogens is 675 g/mol. The smallest absolute Gasteiger partial charge is 0.263 e. The van der Waals surface area contributed by atoms with Crippen molar-refractivity contribution in [2.45, 2.75) is 88.8 Å². The standard InChI is InChI=1S/C40H45FN8O4/c1-24-32-20-43-39(46-36(32)49(29-8-3-4-9-29)38(53)35(24)25(2)50)44-33-12-10-30(19-42-33)48-16-14-40(41,15-17-48)23-47-21-28(22-47)26-6-5-7-27(18-26)31-11-13-34(51)45-37(31)52/h5-7,10,12,18-20,28-29,31H,3-4,8-9,11,13-17,21-23H2,1-2H3,(H,45,51,52)(H,42,43,44,46). The summed E-state index contributed by atoms with van der Waals surface area (Å²) in [6, 6.07) is 11.9. The third kappa shape index (κ3) is 6.94. The average molecular weight is 721 g/mol. The van der Waals surface area contributed by atoms with Gasteiger partial charge in [-0.05, 0) is 61.9 Å². The number of aryl methyl sites for hydroxylation is 1. The maximum Gasteiger partial charge on any atom is 0.263 e. The van der Waals surface area contributed by atoms with Gasteiger partial charge in [-0.3, -0.25) is 34.0 Å². The van der Waals surface area contributed by atoms with Gasteiger partial charge >= 0.3 is 0 Å². The molecule has 276 valence electrons. The molecule has 4 fully saturated rings. The van der Waals surface area contributed by atoms with Crippen molar-refractivity contribution in [1.82, 2.24) is 29.7 Å². The number of Topliss-reactive ketones (excluding diaryl/α,β-unsaturated/α-hetero) is 1. The highest BCUT2D eigenvalue weighted by molar-refractivity contribution is 6.01. The minimum Gasteiger partial charge on any atom is -0.370 e. The Kier molecular flexibility index (Phi) is 9.30. The number of rotatable bonds is 9. The molecule has 1 unspecified atom stereocenters. The van der Waals surface area contributed by atoms with Crippen molar-refractivity contribution < 1.29 is 18.8 Å². The van der Waals surface area contributed by atoms with Crippen LogP contribution in [-0.4, -0.2) is 80.4 Å². The number of benzene rings is 1. The number of alkyl halides is 1. The van der Waals surface area contributed by atoms with Crippen molar-refractivity contribution in [3.05, 3.63) is 81.4 Å². The summed E-state index contributed by atoms with van der Waals surface area (Å²) in [6.07, 6.45) is 8.98. The molecule has 0 bridgehead atoms.